The van der Waals surface area contributed by atoms with Crippen LogP contribution in [0.4, 0.5) is 11.4 Å². The molecule has 142 valence electrons. The van der Waals surface area contributed by atoms with Gasteiger partial charge in [0.1, 0.15) is 5.75 Å². The van der Waals surface area contributed by atoms with Crippen molar-refractivity contribution in [2.75, 3.05) is 12.4 Å². The first-order chi connectivity index (χ1) is 13.6. The SMILES string of the molecule is [C-]#[N+]c1cc(C2CC2)c2ncc(CO)c(NCc3ccc(OC)c(Cl)c3)c2c1. The largest absolute Gasteiger partial charge is 0.495 e. The molecule has 28 heavy (non-hydrogen) atoms. The second kappa shape index (κ2) is 7.67. The molecule has 3 aromatic rings. The van der Waals surface area contributed by atoms with E-state index in [9.17, 15) is 5.11 Å². The predicted molar refractivity (Wildman–Crippen MR) is 111 cm³/mol. The van der Waals surface area contributed by atoms with Crippen molar-refractivity contribution in [3.63, 3.8) is 0 Å². The zero-order chi connectivity index (χ0) is 19.7. The summed E-state index contributed by atoms with van der Waals surface area (Å²) in [7, 11) is 1.59. The first kappa shape index (κ1) is 18.5. The molecule has 0 amide bonds. The van der Waals surface area contributed by atoms with Gasteiger partial charge in [0, 0.05) is 29.4 Å². The number of methoxy groups -OCH3 is 1. The van der Waals surface area contributed by atoms with Crippen molar-refractivity contribution in [3.8, 4) is 5.75 Å². The van der Waals surface area contributed by atoms with Crippen molar-refractivity contribution in [3.05, 3.63) is 69.7 Å². The molecule has 6 heteroatoms. The Morgan fingerprint density at radius 1 is 1.32 bits per heavy atom. The molecule has 0 bridgehead atoms. The monoisotopic (exact) mass is 393 g/mol. The fraction of sp³-hybridized carbons (Fsp3) is 0.273. The first-order valence-corrected chi connectivity index (χ1v) is 9.52. The van der Waals surface area contributed by atoms with Gasteiger partial charge < -0.3 is 15.2 Å². The van der Waals surface area contributed by atoms with Crippen molar-refractivity contribution in [1.29, 1.82) is 0 Å². The summed E-state index contributed by atoms with van der Waals surface area (Å²) in [5, 5.41) is 14.7. The topological polar surface area (TPSA) is 58.7 Å². The van der Waals surface area contributed by atoms with E-state index in [2.05, 4.69) is 15.1 Å². The van der Waals surface area contributed by atoms with Crippen LogP contribution in [0.25, 0.3) is 15.7 Å². The summed E-state index contributed by atoms with van der Waals surface area (Å²) in [5.74, 6) is 1.11. The molecule has 1 saturated carbocycles. The fourth-order valence-electron chi connectivity index (χ4n) is 3.46. The van der Waals surface area contributed by atoms with Crippen LogP contribution in [0.2, 0.25) is 5.02 Å². The molecule has 2 aromatic carbocycles. The molecule has 1 heterocycles. The molecule has 0 unspecified atom stereocenters. The van der Waals surface area contributed by atoms with E-state index in [1.54, 1.807) is 13.3 Å². The Morgan fingerprint density at radius 2 is 2.14 bits per heavy atom. The van der Waals surface area contributed by atoms with Gasteiger partial charge in [-0.05, 0) is 48.1 Å². The molecular weight excluding hydrogens is 374 g/mol. The lowest BCUT2D eigenvalue weighted by atomic mass is 10.0. The number of benzene rings is 2. The number of pyridine rings is 1. The summed E-state index contributed by atoms with van der Waals surface area (Å²) in [6, 6.07) is 9.43. The maximum Gasteiger partial charge on any atom is 0.188 e. The Hall–Kier alpha value is -2.81. The average Bonchev–Trinajstić information content (AvgIpc) is 3.56. The van der Waals surface area contributed by atoms with Crippen LogP contribution >= 0.6 is 11.6 Å². The number of nitrogens with zero attached hydrogens (tertiary/aromatic N) is 2. The van der Waals surface area contributed by atoms with Crippen LogP contribution in [-0.4, -0.2) is 17.2 Å². The predicted octanol–water partition coefficient (Wildman–Crippen LogP) is 5.43. The Morgan fingerprint density at radius 3 is 2.79 bits per heavy atom. The molecule has 0 saturated heterocycles. The Balaban J connectivity index is 1.75. The third kappa shape index (κ3) is 3.49. The summed E-state index contributed by atoms with van der Waals surface area (Å²) in [4.78, 5) is 8.24. The van der Waals surface area contributed by atoms with Crippen LogP contribution in [0.5, 0.6) is 5.75 Å². The van der Waals surface area contributed by atoms with E-state index in [0.29, 0.717) is 34.5 Å². The van der Waals surface area contributed by atoms with E-state index in [-0.39, 0.29) is 6.61 Å². The highest BCUT2D eigenvalue weighted by Crippen LogP contribution is 2.45. The number of nitrogens with one attached hydrogen (secondary N) is 1. The van der Waals surface area contributed by atoms with Gasteiger partial charge in [0.25, 0.3) is 0 Å². The van der Waals surface area contributed by atoms with E-state index in [1.165, 1.54) is 0 Å². The summed E-state index contributed by atoms with van der Waals surface area (Å²) in [6.45, 7) is 7.85. The van der Waals surface area contributed by atoms with Crippen LogP contribution < -0.4 is 10.1 Å². The highest BCUT2D eigenvalue weighted by atomic mass is 35.5. The highest BCUT2D eigenvalue weighted by molar-refractivity contribution is 6.32. The van der Waals surface area contributed by atoms with Crippen molar-refractivity contribution in [2.24, 2.45) is 0 Å². The molecule has 4 rings (SSSR count). The van der Waals surface area contributed by atoms with Gasteiger partial charge in [-0.15, -0.1) is 0 Å². The van der Waals surface area contributed by atoms with Gasteiger partial charge in [0.15, 0.2) is 5.69 Å². The number of ether oxygens (including phenoxy) is 1. The number of rotatable bonds is 6. The van der Waals surface area contributed by atoms with Crippen LogP contribution in [0.3, 0.4) is 0 Å². The van der Waals surface area contributed by atoms with Crippen LogP contribution in [0.1, 0.15) is 35.4 Å². The summed E-state index contributed by atoms with van der Waals surface area (Å²) in [5.41, 5.74) is 5.14. The Labute approximate surface area is 168 Å². The average molecular weight is 394 g/mol. The van der Waals surface area contributed by atoms with Gasteiger partial charge in [0.2, 0.25) is 0 Å². The van der Waals surface area contributed by atoms with Crippen molar-refractivity contribution < 1.29 is 9.84 Å². The van der Waals surface area contributed by atoms with E-state index < -0.39 is 0 Å². The van der Waals surface area contributed by atoms with E-state index in [4.69, 9.17) is 22.9 Å². The van der Waals surface area contributed by atoms with Crippen LogP contribution in [0.15, 0.2) is 36.5 Å². The van der Waals surface area contributed by atoms with Gasteiger partial charge in [-0.1, -0.05) is 23.7 Å². The molecule has 2 N–H and O–H groups in total. The molecule has 0 atom stereocenters. The van der Waals surface area contributed by atoms with Gasteiger partial charge in [0.05, 0.1) is 30.8 Å². The number of aliphatic hydroxyl groups excluding tert-OH is 1. The van der Waals surface area contributed by atoms with E-state index >= 15 is 0 Å². The maximum absolute atomic E-state index is 9.83. The minimum absolute atomic E-state index is 0.129. The number of fused-ring (bicyclic) bond motifs is 1. The van der Waals surface area contributed by atoms with Crippen molar-refractivity contribution in [2.45, 2.75) is 31.9 Å². The van der Waals surface area contributed by atoms with Gasteiger partial charge in [-0.3, -0.25) is 4.98 Å². The molecule has 0 aliphatic heterocycles. The number of hydrogen-bond donors (Lipinski definition) is 2. The first-order valence-electron chi connectivity index (χ1n) is 9.14. The molecule has 0 radical (unpaired) electrons. The normalized spacial score (nSPS) is 13.4. The molecule has 1 aliphatic carbocycles. The number of aromatic nitrogens is 1. The molecular formula is C22H20ClN3O2. The highest BCUT2D eigenvalue weighted by Gasteiger charge is 2.27. The van der Waals surface area contributed by atoms with Crippen LogP contribution in [-0.2, 0) is 13.2 Å². The van der Waals surface area contributed by atoms with Gasteiger partial charge >= 0.3 is 0 Å². The standard InChI is InChI=1S/C22H20ClN3O2/c1-24-16-8-17(14-4-5-14)22-18(9-16)21(15(12-27)11-26-22)25-10-13-3-6-20(28-2)19(23)7-13/h3,6-9,11,14,27H,4-5,10,12H2,2H3,(H,25,26). The Kier molecular flexibility index (Phi) is 5.08. The molecule has 1 aliphatic rings. The van der Waals surface area contributed by atoms with Crippen molar-refractivity contribution in [1.82, 2.24) is 4.98 Å². The minimum Gasteiger partial charge on any atom is -0.495 e. The fourth-order valence-corrected chi connectivity index (χ4v) is 3.75. The lowest BCUT2D eigenvalue weighted by Crippen LogP contribution is -2.05. The third-order valence-electron chi connectivity index (χ3n) is 5.07. The smallest absolute Gasteiger partial charge is 0.188 e. The minimum atomic E-state index is -0.129. The Bertz CT molecular complexity index is 1090. The van der Waals surface area contributed by atoms with E-state index in [1.807, 2.05) is 30.3 Å². The number of hydrogen-bond acceptors (Lipinski definition) is 4. The maximum atomic E-state index is 9.83. The summed E-state index contributed by atoms with van der Waals surface area (Å²) in [6.07, 6.45) is 3.98. The quantitative estimate of drug-likeness (QED) is 0.548. The lowest BCUT2D eigenvalue weighted by Gasteiger charge is -2.16. The second-order valence-corrected chi connectivity index (χ2v) is 7.36. The van der Waals surface area contributed by atoms with Crippen molar-refractivity contribution >= 4 is 33.9 Å². The molecule has 1 fully saturated rings. The number of halogens is 1. The van der Waals surface area contributed by atoms with Gasteiger partial charge in [-0.2, -0.15) is 0 Å². The summed E-state index contributed by atoms with van der Waals surface area (Å²) < 4.78 is 5.20. The van der Waals surface area contributed by atoms with Gasteiger partial charge in [-0.25, -0.2) is 4.85 Å². The molecule has 1 aromatic heterocycles. The zero-order valence-electron chi connectivity index (χ0n) is 15.5. The number of aliphatic hydroxyl groups is 1. The third-order valence-corrected chi connectivity index (χ3v) is 5.36. The number of anilines is 1. The van der Waals surface area contributed by atoms with E-state index in [0.717, 1.165) is 40.6 Å². The molecule has 5 nitrogen and oxygen atoms in total. The van der Waals surface area contributed by atoms with Crippen LogP contribution in [0, 0.1) is 6.57 Å². The second-order valence-electron chi connectivity index (χ2n) is 6.96. The summed E-state index contributed by atoms with van der Waals surface area (Å²) >= 11 is 6.23. The lowest BCUT2D eigenvalue weighted by molar-refractivity contribution is 0.282. The zero-order valence-corrected chi connectivity index (χ0v) is 16.3. The molecule has 0 spiro atoms.